The Hall–Kier alpha value is -2.90. The number of urea groups is 1. The lowest BCUT2D eigenvalue weighted by Gasteiger charge is -2.19. The number of hydrazine groups is 1. The summed E-state index contributed by atoms with van der Waals surface area (Å²) in [6.45, 7) is 3.96. The van der Waals surface area contributed by atoms with Gasteiger partial charge >= 0.3 is 6.03 Å². The lowest BCUT2D eigenvalue weighted by Crippen LogP contribution is -2.44. The van der Waals surface area contributed by atoms with Crippen LogP contribution in [0, 0.1) is 13.8 Å². The van der Waals surface area contributed by atoms with Gasteiger partial charge in [0.15, 0.2) is 0 Å². The van der Waals surface area contributed by atoms with Crippen LogP contribution in [-0.2, 0) is 9.59 Å². The van der Waals surface area contributed by atoms with Crippen molar-refractivity contribution in [2.45, 2.75) is 57.9 Å². The Bertz CT molecular complexity index is 814. The van der Waals surface area contributed by atoms with Gasteiger partial charge in [-0.2, -0.15) is 0 Å². The third kappa shape index (κ3) is 4.00. The van der Waals surface area contributed by atoms with Crippen LogP contribution in [0.15, 0.2) is 18.2 Å². The summed E-state index contributed by atoms with van der Waals surface area (Å²) in [5, 5.41) is 2.81. The second-order valence-electron chi connectivity index (χ2n) is 7.60. The number of rotatable bonds is 5. The molecule has 150 valence electrons. The van der Waals surface area contributed by atoms with E-state index in [9.17, 15) is 19.2 Å². The fourth-order valence-corrected chi connectivity index (χ4v) is 3.92. The first-order valence-electron chi connectivity index (χ1n) is 9.63. The van der Waals surface area contributed by atoms with Crippen molar-refractivity contribution in [1.29, 1.82) is 0 Å². The van der Waals surface area contributed by atoms with Crippen molar-refractivity contribution < 1.29 is 19.2 Å². The Labute approximate surface area is 164 Å². The first-order chi connectivity index (χ1) is 13.3. The van der Waals surface area contributed by atoms with E-state index >= 15 is 0 Å². The van der Waals surface area contributed by atoms with Crippen molar-refractivity contribution >= 4 is 23.8 Å². The highest BCUT2D eigenvalue weighted by molar-refractivity contribution is 6.07. The van der Waals surface area contributed by atoms with Crippen LogP contribution in [0.2, 0.25) is 0 Å². The molecule has 1 aromatic carbocycles. The minimum absolute atomic E-state index is 0.0945. The van der Waals surface area contributed by atoms with Crippen LogP contribution in [-0.4, -0.2) is 40.7 Å². The average molecular weight is 386 g/mol. The summed E-state index contributed by atoms with van der Waals surface area (Å²) in [5.41, 5.74) is 6.42. The molecule has 0 aromatic heterocycles. The fourth-order valence-electron chi connectivity index (χ4n) is 3.92. The minimum atomic E-state index is -0.723. The molecule has 28 heavy (non-hydrogen) atoms. The van der Waals surface area contributed by atoms with Gasteiger partial charge in [0.1, 0.15) is 5.54 Å². The zero-order valence-corrected chi connectivity index (χ0v) is 16.3. The van der Waals surface area contributed by atoms with Crippen LogP contribution >= 0.6 is 0 Å². The van der Waals surface area contributed by atoms with E-state index in [0.29, 0.717) is 24.8 Å². The summed E-state index contributed by atoms with van der Waals surface area (Å²) in [7, 11) is 0. The van der Waals surface area contributed by atoms with Gasteiger partial charge in [-0.1, -0.05) is 30.5 Å². The number of aryl methyl sites for hydroxylation is 2. The Morgan fingerprint density at radius 3 is 2.54 bits per heavy atom. The lowest BCUT2D eigenvalue weighted by molar-refractivity contribution is -0.131. The zero-order chi connectivity index (χ0) is 20.3. The Morgan fingerprint density at radius 2 is 1.86 bits per heavy atom. The molecule has 1 aliphatic carbocycles. The van der Waals surface area contributed by atoms with Crippen LogP contribution in [0.5, 0.6) is 0 Å². The van der Waals surface area contributed by atoms with E-state index in [-0.39, 0.29) is 36.7 Å². The number of nitrogens with one attached hydrogen (secondary N) is 3. The van der Waals surface area contributed by atoms with Gasteiger partial charge < -0.3 is 5.32 Å². The van der Waals surface area contributed by atoms with E-state index in [4.69, 9.17) is 0 Å². The fraction of sp³-hybridized carbons (Fsp3) is 0.500. The molecule has 1 heterocycles. The van der Waals surface area contributed by atoms with Gasteiger partial charge in [0.05, 0.1) is 0 Å². The van der Waals surface area contributed by atoms with Gasteiger partial charge in [0.25, 0.3) is 11.8 Å². The summed E-state index contributed by atoms with van der Waals surface area (Å²) in [5.74, 6) is -0.942. The number of nitrogens with zero attached hydrogens (tertiary/aromatic N) is 1. The summed E-state index contributed by atoms with van der Waals surface area (Å²) >= 11 is 0. The maximum atomic E-state index is 12.5. The maximum absolute atomic E-state index is 12.5. The zero-order valence-electron chi connectivity index (χ0n) is 16.3. The summed E-state index contributed by atoms with van der Waals surface area (Å²) in [4.78, 5) is 50.0. The quantitative estimate of drug-likeness (QED) is 0.529. The maximum Gasteiger partial charge on any atom is 0.325 e. The van der Waals surface area contributed by atoms with Crippen molar-refractivity contribution in [3.63, 3.8) is 0 Å². The molecule has 1 aliphatic heterocycles. The van der Waals surface area contributed by atoms with Crippen LogP contribution in [0.25, 0.3) is 0 Å². The second kappa shape index (κ2) is 8.00. The summed E-state index contributed by atoms with van der Waals surface area (Å²) in [6, 6.07) is 5.06. The monoisotopic (exact) mass is 386 g/mol. The highest BCUT2D eigenvalue weighted by atomic mass is 16.2. The Morgan fingerprint density at radius 1 is 1.14 bits per heavy atom. The molecule has 0 radical (unpaired) electrons. The molecule has 5 amide bonds. The molecular formula is C20H26N4O4. The van der Waals surface area contributed by atoms with Crippen molar-refractivity contribution in [3.05, 3.63) is 34.9 Å². The van der Waals surface area contributed by atoms with Crippen molar-refractivity contribution in [3.8, 4) is 0 Å². The Kier molecular flexibility index (Phi) is 5.67. The highest BCUT2D eigenvalue weighted by Gasteiger charge is 2.51. The second-order valence-corrected chi connectivity index (χ2v) is 7.60. The lowest BCUT2D eigenvalue weighted by atomic mass is 9.98. The van der Waals surface area contributed by atoms with Gasteiger partial charge in [-0.3, -0.25) is 30.1 Å². The summed E-state index contributed by atoms with van der Waals surface area (Å²) < 4.78 is 0. The largest absolute Gasteiger partial charge is 0.325 e. The minimum Gasteiger partial charge on any atom is -0.323 e. The molecule has 0 atom stereocenters. The number of benzene rings is 1. The van der Waals surface area contributed by atoms with Gasteiger partial charge in [0, 0.05) is 18.5 Å². The number of hydrogen-bond donors (Lipinski definition) is 3. The van der Waals surface area contributed by atoms with E-state index in [1.54, 1.807) is 6.07 Å². The van der Waals surface area contributed by atoms with Gasteiger partial charge in [-0.05, 0) is 44.7 Å². The molecule has 8 nitrogen and oxygen atoms in total. The standard InChI is InChI=1S/C20H26N4O4/c1-13-7-8-15(14(2)12-13)17(26)23-22-16(25)6-5-11-24-18(27)20(21-19(24)28)9-3-4-10-20/h7-8,12H,3-6,9-11H2,1-2H3,(H,21,28)(H,22,25)(H,23,26). The van der Waals surface area contributed by atoms with Crippen molar-refractivity contribution in [2.75, 3.05) is 6.54 Å². The van der Waals surface area contributed by atoms with Crippen LogP contribution in [0.4, 0.5) is 4.79 Å². The molecule has 0 bridgehead atoms. The predicted octanol–water partition coefficient (Wildman–Crippen LogP) is 1.71. The van der Waals surface area contributed by atoms with Crippen molar-refractivity contribution in [2.24, 2.45) is 0 Å². The molecule has 1 saturated carbocycles. The SMILES string of the molecule is Cc1ccc(C(=O)NNC(=O)CCCN2C(=O)NC3(CCCC3)C2=O)c(C)c1. The molecule has 3 N–H and O–H groups in total. The summed E-state index contributed by atoms with van der Waals surface area (Å²) in [6.07, 6.45) is 3.65. The van der Waals surface area contributed by atoms with E-state index in [2.05, 4.69) is 16.2 Å². The molecular weight excluding hydrogens is 360 g/mol. The van der Waals surface area contributed by atoms with E-state index in [0.717, 1.165) is 24.0 Å². The molecule has 3 rings (SSSR count). The first-order valence-corrected chi connectivity index (χ1v) is 9.63. The predicted molar refractivity (Wildman–Crippen MR) is 102 cm³/mol. The number of imide groups is 1. The number of hydrogen-bond acceptors (Lipinski definition) is 4. The molecule has 0 unspecified atom stereocenters. The molecule has 2 aliphatic rings. The third-order valence-corrected chi connectivity index (χ3v) is 5.43. The van der Waals surface area contributed by atoms with Gasteiger partial charge in [-0.25, -0.2) is 4.79 Å². The topological polar surface area (TPSA) is 108 Å². The normalized spacial score (nSPS) is 17.7. The first kappa shape index (κ1) is 19.9. The molecule has 1 spiro atoms. The third-order valence-electron chi connectivity index (χ3n) is 5.43. The van der Waals surface area contributed by atoms with Crippen LogP contribution in [0.3, 0.4) is 0 Å². The molecule has 1 saturated heterocycles. The van der Waals surface area contributed by atoms with Gasteiger partial charge in [0.2, 0.25) is 5.91 Å². The van der Waals surface area contributed by atoms with Crippen LogP contribution in [0.1, 0.15) is 60.0 Å². The van der Waals surface area contributed by atoms with Crippen LogP contribution < -0.4 is 16.2 Å². The van der Waals surface area contributed by atoms with Gasteiger partial charge in [-0.15, -0.1) is 0 Å². The van der Waals surface area contributed by atoms with E-state index < -0.39 is 5.54 Å². The highest BCUT2D eigenvalue weighted by Crippen LogP contribution is 2.35. The molecule has 2 fully saturated rings. The molecule has 1 aromatic rings. The number of amides is 5. The average Bonchev–Trinajstić information content (AvgIpc) is 3.20. The van der Waals surface area contributed by atoms with Crippen molar-refractivity contribution in [1.82, 2.24) is 21.1 Å². The Balaban J connectivity index is 1.43. The molecule has 8 heteroatoms. The van der Waals surface area contributed by atoms with E-state index in [1.807, 2.05) is 26.0 Å². The number of carbonyl (C=O) groups excluding carboxylic acids is 4. The van der Waals surface area contributed by atoms with E-state index in [1.165, 1.54) is 4.90 Å². The smallest absolute Gasteiger partial charge is 0.323 e. The number of carbonyl (C=O) groups is 4.